The fourth-order valence-corrected chi connectivity index (χ4v) is 8.49. The molecule has 3 aliphatic heterocycles. The molecule has 1 amide bonds. The van der Waals surface area contributed by atoms with Gasteiger partial charge in [0.05, 0.1) is 31.3 Å². The molecule has 178 valence electrons. The molecule has 31 heavy (non-hydrogen) atoms. The number of hydrogen-bond donors (Lipinski definition) is 0. The predicted octanol–water partition coefficient (Wildman–Crippen LogP) is -0.861. The van der Waals surface area contributed by atoms with Crippen LogP contribution in [-0.2, 0) is 29.6 Å². The number of carbonyl (C=O) groups excluding carboxylic acids is 1. The second-order valence-corrected chi connectivity index (χ2v) is 13.1. The van der Waals surface area contributed by atoms with Gasteiger partial charge in [0.25, 0.3) is 10.2 Å². The monoisotopic (exact) mass is 478 g/mol. The highest BCUT2D eigenvalue weighted by Gasteiger charge is 2.40. The van der Waals surface area contributed by atoms with Gasteiger partial charge in [0.1, 0.15) is 0 Å². The minimum Gasteiger partial charge on any atom is -0.379 e. The van der Waals surface area contributed by atoms with E-state index in [0.717, 1.165) is 25.7 Å². The number of carbonyl (C=O) groups is 1. The second kappa shape index (κ2) is 9.60. The van der Waals surface area contributed by atoms with Crippen molar-refractivity contribution in [1.29, 1.82) is 0 Å². The zero-order valence-corrected chi connectivity index (χ0v) is 19.7. The summed E-state index contributed by atoms with van der Waals surface area (Å²) < 4.78 is 57.9. The van der Waals surface area contributed by atoms with E-state index < -0.39 is 20.0 Å². The summed E-state index contributed by atoms with van der Waals surface area (Å²) in [6.07, 6.45) is 4.55. The maximum Gasteiger partial charge on any atom is 0.282 e. The van der Waals surface area contributed by atoms with Crippen molar-refractivity contribution in [3.05, 3.63) is 0 Å². The normalized spacial score (nSPS) is 29.4. The van der Waals surface area contributed by atoms with Gasteiger partial charge in [-0.15, -0.1) is 0 Å². The van der Waals surface area contributed by atoms with Gasteiger partial charge in [0.15, 0.2) is 9.84 Å². The van der Waals surface area contributed by atoms with Crippen molar-refractivity contribution in [2.24, 2.45) is 0 Å². The number of rotatable bonds is 6. The molecule has 0 aromatic heterocycles. The number of amides is 1. The van der Waals surface area contributed by atoms with Gasteiger partial charge in [-0.25, -0.2) is 8.42 Å². The van der Waals surface area contributed by atoms with E-state index in [-0.39, 0.29) is 36.0 Å². The fourth-order valence-electron chi connectivity index (χ4n) is 5.21. The third kappa shape index (κ3) is 5.41. The molecule has 0 bridgehead atoms. The molecule has 4 fully saturated rings. The Labute approximate surface area is 185 Å². The van der Waals surface area contributed by atoms with E-state index in [0.29, 0.717) is 58.9 Å². The van der Waals surface area contributed by atoms with Crippen LogP contribution < -0.4 is 0 Å². The average molecular weight is 479 g/mol. The van der Waals surface area contributed by atoms with Crippen LogP contribution in [0.2, 0.25) is 0 Å². The molecule has 0 aromatic carbocycles. The van der Waals surface area contributed by atoms with Crippen LogP contribution in [0, 0.1) is 0 Å². The Balaban J connectivity index is 1.34. The Bertz CT molecular complexity index is 845. The van der Waals surface area contributed by atoms with E-state index in [1.54, 1.807) is 0 Å². The topological polar surface area (TPSA) is 108 Å². The van der Waals surface area contributed by atoms with Gasteiger partial charge in [-0.1, -0.05) is 12.8 Å². The zero-order valence-electron chi connectivity index (χ0n) is 18.0. The van der Waals surface area contributed by atoms with Gasteiger partial charge < -0.3 is 9.64 Å². The summed E-state index contributed by atoms with van der Waals surface area (Å²) in [4.78, 5) is 17.1. The van der Waals surface area contributed by atoms with Crippen molar-refractivity contribution >= 4 is 26.0 Å². The lowest BCUT2D eigenvalue weighted by atomic mass is 10.1. The molecule has 10 nitrogen and oxygen atoms in total. The number of ether oxygens (including phenoxy) is 1. The van der Waals surface area contributed by atoms with Crippen molar-refractivity contribution in [3.8, 4) is 0 Å². The van der Waals surface area contributed by atoms with Gasteiger partial charge >= 0.3 is 0 Å². The summed E-state index contributed by atoms with van der Waals surface area (Å²) in [5.41, 5.74) is 0. The number of morpholine rings is 1. The van der Waals surface area contributed by atoms with Crippen LogP contribution in [0.5, 0.6) is 0 Å². The molecule has 4 rings (SSSR count). The molecule has 0 spiro atoms. The van der Waals surface area contributed by atoms with E-state index >= 15 is 0 Å². The highest BCUT2D eigenvalue weighted by Crippen LogP contribution is 2.29. The smallest absolute Gasteiger partial charge is 0.282 e. The summed E-state index contributed by atoms with van der Waals surface area (Å²) in [7, 11) is -6.56. The fraction of sp³-hybridized carbons (Fsp3) is 0.947. The van der Waals surface area contributed by atoms with Crippen molar-refractivity contribution < 1.29 is 26.4 Å². The predicted molar refractivity (Wildman–Crippen MR) is 115 cm³/mol. The SMILES string of the molecule is O=C(CN1CCN(S(=O)(=O)N2CCOCC2)CC1)N(C1CCCC1)C1CCS(=O)(=O)C1. The molecular weight excluding hydrogens is 444 g/mol. The lowest BCUT2D eigenvalue weighted by Gasteiger charge is -2.39. The van der Waals surface area contributed by atoms with Crippen LogP contribution in [0.25, 0.3) is 0 Å². The first-order chi connectivity index (χ1) is 14.8. The van der Waals surface area contributed by atoms with E-state index in [1.807, 2.05) is 9.80 Å². The first kappa shape index (κ1) is 23.4. The molecule has 1 atom stereocenters. The lowest BCUT2D eigenvalue weighted by molar-refractivity contribution is -0.137. The lowest BCUT2D eigenvalue weighted by Crippen LogP contribution is -2.57. The molecule has 3 heterocycles. The standard InChI is InChI=1S/C19H34N4O6S2/c24-19(23(17-3-1-2-4-17)18-5-14-30(25,26)16-18)15-20-6-8-21(9-7-20)31(27,28)22-10-12-29-13-11-22/h17-18H,1-16H2. The van der Waals surface area contributed by atoms with E-state index in [9.17, 15) is 21.6 Å². The molecule has 12 heteroatoms. The molecule has 0 radical (unpaired) electrons. The first-order valence-electron chi connectivity index (χ1n) is 11.3. The number of hydrogen-bond acceptors (Lipinski definition) is 7. The minimum atomic E-state index is -3.49. The van der Waals surface area contributed by atoms with Crippen molar-refractivity contribution in [2.75, 3.05) is 70.5 Å². The van der Waals surface area contributed by atoms with Gasteiger partial charge in [0.2, 0.25) is 5.91 Å². The summed E-state index contributed by atoms with van der Waals surface area (Å²) >= 11 is 0. The summed E-state index contributed by atoms with van der Waals surface area (Å²) in [6.45, 7) is 3.51. The summed E-state index contributed by atoms with van der Waals surface area (Å²) in [5.74, 6) is 0.214. The van der Waals surface area contributed by atoms with Gasteiger partial charge in [-0.3, -0.25) is 9.69 Å². The quantitative estimate of drug-likeness (QED) is 0.489. The van der Waals surface area contributed by atoms with Gasteiger partial charge in [-0.2, -0.15) is 17.0 Å². The van der Waals surface area contributed by atoms with Gasteiger partial charge in [0, 0.05) is 51.4 Å². The maximum atomic E-state index is 13.3. The Morgan fingerprint density at radius 2 is 1.52 bits per heavy atom. The van der Waals surface area contributed by atoms with E-state index in [4.69, 9.17) is 4.74 Å². The molecule has 3 saturated heterocycles. The average Bonchev–Trinajstić information content (AvgIpc) is 3.39. The highest BCUT2D eigenvalue weighted by molar-refractivity contribution is 7.91. The van der Waals surface area contributed by atoms with Gasteiger partial charge in [-0.05, 0) is 19.3 Å². The highest BCUT2D eigenvalue weighted by atomic mass is 32.2. The Kier molecular flexibility index (Phi) is 7.24. The van der Waals surface area contributed by atoms with E-state index in [1.165, 1.54) is 8.61 Å². The van der Waals surface area contributed by atoms with Crippen LogP contribution in [-0.4, -0.2) is 124 Å². The first-order valence-corrected chi connectivity index (χ1v) is 14.5. The van der Waals surface area contributed by atoms with Crippen LogP contribution in [0.1, 0.15) is 32.1 Å². The summed E-state index contributed by atoms with van der Waals surface area (Å²) in [5, 5.41) is 0. The Morgan fingerprint density at radius 1 is 0.903 bits per heavy atom. The molecule has 0 aromatic rings. The van der Waals surface area contributed by atoms with Crippen LogP contribution in [0.4, 0.5) is 0 Å². The van der Waals surface area contributed by atoms with E-state index in [2.05, 4.69) is 0 Å². The van der Waals surface area contributed by atoms with Crippen molar-refractivity contribution in [2.45, 2.75) is 44.2 Å². The Morgan fingerprint density at radius 3 is 2.10 bits per heavy atom. The Hall–Kier alpha value is -0.790. The molecule has 1 saturated carbocycles. The number of nitrogens with zero attached hydrogens (tertiary/aromatic N) is 4. The molecule has 1 unspecified atom stereocenters. The molecular formula is C19H34N4O6S2. The van der Waals surface area contributed by atoms with Crippen LogP contribution in [0.15, 0.2) is 0 Å². The molecule has 4 aliphatic rings. The third-order valence-electron chi connectivity index (χ3n) is 6.92. The third-order valence-corrected chi connectivity index (χ3v) is 10.7. The van der Waals surface area contributed by atoms with Crippen LogP contribution >= 0.6 is 0 Å². The molecule has 0 N–H and O–H groups in total. The maximum absolute atomic E-state index is 13.3. The van der Waals surface area contributed by atoms with Crippen LogP contribution in [0.3, 0.4) is 0 Å². The summed E-state index contributed by atoms with van der Waals surface area (Å²) in [6, 6.07) is -0.0858. The number of piperazine rings is 1. The van der Waals surface area contributed by atoms with Crippen molar-refractivity contribution in [3.63, 3.8) is 0 Å². The largest absolute Gasteiger partial charge is 0.379 e. The van der Waals surface area contributed by atoms with Crippen molar-refractivity contribution in [1.82, 2.24) is 18.4 Å². The zero-order chi connectivity index (χ0) is 22.1. The number of sulfone groups is 1. The minimum absolute atomic E-state index is 0.0153. The molecule has 1 aliphatic carbocycles. The second-order valence-electron chi connectivity index (χ2n) is 8.99.